The van der Waals surface area contributed by atoms with Gasteiger partial charge in [-0.1, -0.05) is 30.3 Å². The van der Waals surface area contributed by atoms with E-state index in [-0.39, 0.29) is 0 Å². The minimum Gasteiger partial charge on any atom is -0.464 e. The molecule has 0 aliphatic rings. The molecule has 1 aromatic heterocycles. The van der Waals surface area contributed by atoms with Gasteiger partial charge >= 0.3 is 5.97 Å². The lowest BCUT2D eigenvalue weighted by Crippen LogP contribution is -2.00. The molecule has 0 aliphatic carbocycles. The van der Waals surface area contributed by atoms with E-state index in [1.54, 1.807) is 6.07 Å². The first-order chi connectivity index (χ1) is 8.29. The molecule has 1 N–H and O–H groups in total. The summed E-state index contributed by atoms with van der Waals surface area (Å²) in [6.45, 7) is 0. The van der Waals surface area contributed by atoms with Gasteiger partial charge in [0.05, 0.1) is 7.11 Å². The van der Waals surface area contributed by atoms with Gasteiger partial charge in [-0.2, -0.15) is 5.10 Å². The Kier molecular flexibility index (Phi) is 3.55. The summed E-state index contributed by atoms with van der Waals surface area (Å²) in [5.74, 6) is -0.410. The lowest BCUT2D eigenvalue weighted by molar-refractivity contribution is 0.0594. The topological polar surface area (TPSA) is 55.0 Å². The third-order valence-electron chi connectivity index (χ3n) is 2.55. The van der Waals surface area contributed by atoms with E-state index in [1.807, 2.05) is 18.2 Å². The average molecular weight is 230 g/mol. The number of ether oxygens (including phenoxy) is 1. The van der Waals surface area contributed by atoms with E-state index >= 15 is 0 Å². The van der Waals surface area contributed by atoms with Crippen LogP contribution >= 0.6 is 0 Å². The summed E-state index contributed by atoms with van der Waals surface area (Å²) in [5, 5.41) is 6.74. The molecule has 0 atom stereocenters. The Hall–Kier alpha value is -2.10. The Morgan fingerprint density at radius 2 is 2.06 bits per heavy atom. The number of nitrogens with zero attached hydrogens (tertiary/aromatic N) is 1. The average Bonchev–Trinajstić information content (AvgIpc) is 2.85. The molecular weight excluding hydrogens is 216 g/mol. The van der Waals surface area contributed by atoms with Gasteiger partial charge in [0.15, 0.2) is 5.69 Å². The first-order valence-corrected chi connectivity index (χ1v) is 5.46. The van der Waals surface area contributed by atoms with E-state index in [0.29, 0.717) is 5.69 Å². The Morgan fingerprint density at radius 1 is 1.29 bits per heavy atom. The number of aryl methyl sites for hydroxylation is 2. The normalized spacial score (nSPS) is 10.2. The van der Waals surface area contributed by atoms with Crippen molar-refractivity contribution in [3.63, 3.8) is 0 Å². The summed E-state index contributed by atoms with van der Waals surface area (Å²) in [6, 6.07) is 11.9. The molecule has 4 nitrogen and oxygen atoms in total. The zero-order valence-electron chi connectivity index (χ0n) is 9.64. The van der Waals surface area contributed by atoms with Gasteiger partial charge < -0.3 is 4.74 Å². The molecule has 0 saturated heterocycles. The van der Waals surface area contributed by atoms with Gasteiger partial charge in [0.2, 0.25) is 0 Å². The number of benzene rings is 1. The van der Waals surface area contributed by atoms with Crippen molar-refractivity contribution in [2.45, 2.75) is 12.8 Å². The van der Waals surface area contributed by atoms with Gasteiger partial charge in [-0.05, 0) is 24.5 Å². The number of nitrogens with one attached hydrogen (secondary N) is 1. The van der Waals surface area contributed by atoms with Crippen LogP contribution in [0.3, 0.4) is 0 Å². The summed E-state index contributed by atoms with van der Waals surface area (Å²) in [6.07, 6.45) is 1.75. The van der Waals surface area contributed by atoms with Crippen molar-refractivity contribution < 1.29 is 9.53 Å². The van der Waals surface area contributed by atoms with Crippen LogP contribution in [0, 0.1) is 0 Å². The molecule has 0 bridgehead atoms. The molecule has 0 fully saturated rings. The molecular formula is C13H14N2O2. The monoisotopic (exact) mass is 230 g/mol. The zero-order chi connectivity index (χ0) is 12.1. The van der Waals surface area contributed by atoms with Crippen molar-refractivity contribution >= 4 is 5.97 Å². The zero-order valence-corrected chi connectivity index (χ0v) is 9.64. The molecule has 88 valence electrons. The standard InChI is InChI=1S/C13H14N2O2/c1-17-13(16)12-9-11(14-15-12)8-7-10-5-3-2-4-6-10/h2-6,9H,7-8H2,1H3,(H,14,15). The number of H-pyrrole nitrogens is 1. The number of hydrogen-bond acceptors (Lipinski definition) is 3. The van der Waals surface area contributed by atoms with Gasteiger partial charge in [-0.15, -0.1) is 0 Å². The largest absolute Gasteiger partial charge is 0.464 e. The molecule has 0 saturated carbocycles. The van der Waals surface area contributed by atoms with Gasteiger partial charge in [0, 0.05) is 5.69 Å². The molecule has 4 heteroatoms. The third kappa shape index (κ3) is 2.93. The van der Waals surface area contributed by atoms with Crippen molar-refractivity contribution in [2.75, 3.05) is 7.11 Å². The molecule has 0 radical (unpaired) electrons. The van der Waals surface area contributed by atoms with Crippen molar-refractivity contribution in [3.8, 4) is 0 Å². The number of carbonyl (C=O) groups is 1. The predicted octanol–water partition coefficient (Wildman–Crippen LogP) is 1.98. The van der Waals surface area contributed by atoms with E-state index in [2.05, 4.69) is 27.1 Å². The summed E-state index contributed by atoms with van der Waals surface area (Å²) < 4.78 is 4.59. The Balaban J connectivity index is 1.96. The summed E-state index contributed by atoms with van der Waals surface area (Å²) in [5.41, 5.74) is 2.53. The number of aromatic nitrogens is 2. The molecule has 0 unspecified atom stereocenters. The van der Waals surface area contributed by atoms with E-state index in [1.165, 1.54) is 12.7 Å². The predicted molar refractivity (Wildman–Crippen MR) is 63.8 cm³/mol. The highest BCUT2D eigenvalue weighted by atomic mass is 16.5. The molecule has 0 aliphatic heterocycles. The van der Waals surface area contributed by atoms with Gasteiger partial charge in [0.1, 0.15) is 0 Å². The van der Waals surface area contributed by atoms with Crippen LogP contribution in [0.1, 0.15) is 21.7 Å². The lowest BCUT2D eigenvalue weighted by Gasteiger charge is -1.98. The Bertz CT molecular complexity index is 491. The van der Waals surface area contributed by atoms with E-state index in [4.69, 9.17) is 0 Å². The number of hydrogen-bond donors (Lipinski definition) is 1. The first-order valence-electron chi connectivity index (χ1n) is 5.46. The number of rotatable bonds is 4. The number of aromatic amines is 1. The molecule has 2 aromatic rings. The number of carbonyl (C=O) groups excluding carboxylic acids is 1. The Morgan fingerprint density at radius 3 is 2.76 bits per heavy atom. The Labute approximate surface area is 99.6 Å². The van der Waals surface area contributed by atoms with Gasteiger partial charge in [-0.3, -0.25) is 5.10 Å². The van der Waals surface area contributed by atoms with Crippen LogP contribution < -0.4 is 0 Å². The minimum absolute atomic E-state index is 0.329. The maximum atomic E-state index is 11.2. The van der Waals surface area contributed by atoms with E-state index in [9.17, 15) is 4.79 Å². The summed E-state index contributed by atoms with van der Waals surface area (Å²) >= 11 is 0. The number of methoxy groups -OCH3 is 1. The number of esters is 1. The van der Waals surface area contributed by atoms with Crippen LogP contribution in [0.5, 0.6) is 0 Å². The fourth-order valence-electron chi connectivity index (χ4n) is 1.62. The van der Waals surface area contributed by atoms with E-state index in [0.717, 1.165) is 18.5 Å². The quantitative estimate of drug-likeness (QED) is 0.817. The lowest BCUT2D eigenvalue weighted by atomic mass is 10.1. The summed E-state index contributed by atoms with van der Waals surface area (Å²) in [4.78, 5) is 11.2. The van der Waals surface area contributed by atoms with Crippen LogP contribution in [-0.2, 0) is 17.6 Å². The van der Waals surface area contributed by atoms with Crippen LogP contribution in [0.15, 0.2) is 36.4 Å². The third-order valence-corrected chi connectivity index (χ3v) is 2.55. The molecule has 1 aromatic carbocycles. The molecule has 0 spiro atoms. The highest BCUT2D eigenvalue weighted by Crippen LogP contribution is 2.07. The molecule has 2 rings (SSSR count). The SMILES string of the molecule is COC(=O)c1cc(CCc2ccccc2)[nH]n1. The second-order valence-corrected chi connectivity index (χ2v) is 3.76. The highest BCUT2D eigenvalue weighted by molar-refractivity contribution is 5.87. The second kappa shape index (κ2) is 5.30. The maximum absolute atomic E-state index is 11.2. The van der Waals surface area contributed by atoms with Crippen LogP contribution in [0.2, 0.25) is 0 Å². The van der Waals surface area contributed by atoms with Crippen molar-refractivity contribution in [1.82, 2.24) is 10.2 Å². The second-order valence-electron chi connectivity index (χ2n) is 3.76. The van der Waals surface area contributed by atoms with E-state index < -0.39 is 5.97 Å². The molecule has 0 amide bonds. The van der Waals surface area contributed by atoms with Crippen molar-refractivity contribution in [3.05, 3.63) is 53.3 Å². The molecule has 1 heterocycles. The first kappa shape index (κ1) is 11.4. The molecule has 17 heavy (non-hydrogen) atoms. The van der Waals surface area contributed by atoms with Crippen molar-refractivity contribution in [2.24, 2.45) is 0 Å². The van der Waals surface area contributed by atoms with Crippen LogP contribution in [0.25, 0.3) is 0 Å². The van der Waals surface area contributed by atoms with Crippen LogP contribution in [-0.4, -0.2) is 23.3 Å². The van der Waals surface area contributed by atoms with Crippen LogP contribution in [0.4, 0.5) is 0 Å². The van der Waals surface area contributed by atoms with Gasteiger partial charge in [0.25, 0.3) is 0 Å². The fraction of sp³-hybridized carbons (Fsp3) is 0.231. The van der Waals surface area contributed by atoms with Gasteiger partial charge in [-0.25, -0.2) is 4.79 Å². The maximum Gasteiger partial charge on any atom is 0.358 e. The minimum atomic E-state index is -0.410. The smallest absolute Gasteiger partial charge is 0.358 e. The highest BCUT2D eigenvalue weighted by Gasteiger charge is 2.09. The summed E-state index contributed by atoms with van der Waals surface area (Å²) in [7, 11) is 1.35. The fourth-order valence-corrected chi connectivity index (χ4v) is 1.62. The van der Waals surface area contributed by atoms with Crippen molar-refractivity contribution in [1.29, 1.82) is 0 Å².